The standard InChI is InChI=1S/C21H16ClNO5/c1-2-26-21(25)17-12-18(14-8-10-16(22)11-9-14)27-19(17)13-23-28-20(24)15-6-4-3-5-7-15/h3-13H,2H2,1H3/b23-13-. The fraction of sp³-hybridized carbons (Fsp3) is 0.0952. The molecule has 0 atom stereocenters. The number of nitrogens with zero attached hydrogens (tertiary/aromatic N) is 1. The Kier molecular flexibility index (Phi) is 6.24. The van der Waals surface area contributed by atoms with Crippen molar-refractivity contribution in [1.82, 2.24) is 0 Å². The second-order valence-corrected chi connectivity index (χ2v) is 6.03. The summed E-state index contributed by atoms with van der Waals surface area (Å²) in [5.41, 5.74) is 1.24. The topological polar surface area (TPSA) is 78.1 Å². The van der Waals surface area contributed by atoms with Gasteiger partial charge in [-0.2, -0.15) is 0 Å². The van der Waals surface area contributed by atoms with Crippen LogP contribution in [0.25, 0.3) is 11.3 Å². The number of rotatable bonds is 6. The highest BCUT2D eigenvalue weighted by Gasteiger charge is 2.19. The monoisotopic (exact) mass is 397 g/mol. The maximum atomic E-state index is 12.2. The van der Waals surface area contributed by atoms with Crippen LogP contribution in [-0.4, -0.2) is 24.8 Å². The van der Waals surface area contributed by atoms with Gasteiger partial charge >= 0.3 is 11.9 Å². The SMILES string of the molecule is CCOC(=O)c1cc(-c2ccc(Cl)cc2)oc1/C=N\OC(=O)c1ccccc1. The molecule has 0 bridgehead atoms. The van der Waals surface area contributed by atoms with Crippen molar-refractivity contribution in [3.8, 4) is 11.3 Å². The summed E-state index contributed by atoms with van der Waals surface area (Å²) in [7, 11) is 0. The minimum atomic E-state index is -0.626. The van der Waals surface area contributed by atoms with Gasteiger partial charge in [-0.3, -0.25) is 0 Å². The van der Waals surface area contributed by atoms with Gasteiger partial charge in [0.25, 0.3) is 0 Å². The summed E-state index contributed by atoms with van der Waals surface area (Å²) in [5, 5.41) is 4.22. The van der Waals surface area contributed by atoms with Crippen molar-refractivity contribution in [3.05, 3.63) is 82.6 Å². The Morgan fingerprint density at radius 1 is 1.07 bits per heavy atom. The van der Waals surface area contributed by atoms with Gasteiger partial charge in [0.2, 0.25) is 0 Å². The van der Waals surface area contributed by atoms with Gasteiger partial charge in [-0.25, -0.2) is 9.59 Å². The number of benzene rings is 2. The van der Waals surface area contributed by atoms with E-state index in [0.717, 1.165) is 11.8 Å². The molecule has 28 heavy (non-hydrogen) atoms. The highest BCUT2D eigenvalue weighted by Crippen LogP contribution is 2.27. The van der Waals surface area contributed by atoms with Crippen molar-refractivity contribution in [2.75, 3.05) is 6.61 Å². The Balaban J connectivity index is 1.84. The number of hydrogen-bond acceptors (Lipinski definition) is 6. The van der Waals surface area contributed by atoms with E-state index in [1.807, 2.05) is 0 Å². The molecule has 142 valence electrons. The van der Waals surface area contributed by atoms with Gasteiger partial charge in [-0.05, 0) is 49.4 Å². The second-order valence-electron chi connectivity index (χ2n) is 5.60. The first-order chi connectivity index (χ1) is 13.6. The number of carbonyl (C=O) groups excluding carboxylic acids is 2. The van der Waals surface area contributed by atoms with Gasteiger partial charge in [0, 0.05) is 10.6 Å². The van der Waals surface area contributed by atoms with Crippen LogP contribution >= 0.6 is 11.6 Å². The van der Waals surface area contributed by atoms with Crippen LogP contribution in [0.1, 0.15) is 33.4 Å². The van der Waals surface area contributed by atoms with E-state index < -0.39 is 11.9 Å². The number of furan rings is 1. The lowest BCUT2D eigenvalue weighted by molar-refractivity contribution is 0.0516. The lowest BCUT2D eigenvalue weighted by atomic mass is 10.1. The largest absolute Gasteiger partial charge is 0.462 e. The first-order valence-electron chi connectivity index (χ1n) is 8.45. The van der Waals surface area contributed by atoms with Gasteiger partial charge in [0.05, 0.1) is 12.2 Å². The van der Waals surface area contributed by atoms with Gasteiger partial charge in [0.15, 0.2) is 5.76 Å². The molecule has 6 nitrogen and oxygen atoms in total. The average Bonchev–Trinajstić information content (AvgIpc) is 3.13. The van der Waals surface area contributed by atoms with Crippen molar-refractivity contribution >= 4 is 29.8 Å². The minimum absolute atomic E-state index is 0.115. The maximum Gasteiger partial charge on any atom is 0.365 e. The molecular weight excluding hydrogens is 382 g/mol. The van der Waals surface area contributed by atoms with Crippen LogP contribution in [-0.2, 0) is 9.57 Å². The fourth-order valence-electron chi connectivity index (χ4n) is 2.37. The van der Waals surface area contributed by atoms with Gasteiger partial charge in [-0.15, -0.1) is 0 Å². The molecule has 2 aromatic carbocycles. The molecule has 0 unspecified atom stereocenters. The Bertz CT molecular complexity index is 993. The van der Waals surface area contributed by atoms with Crippen molar-refractivity contribution in [2.45, 2.75) is 6.92 Å². The van der Waals surface area contributed by atoms with Crippen LogP contribution < -0.4 is 0 Å². The zero-order valence-electron chi connectivity index (χ0n) is 14.9. The van der Waals surface area contributed by atoms with Gasteiger partial charge in [0.1, 0.15) is 17.5 Å². The van der Waals surface area contributed by atoms with Crippen LogP contribution in [0, 0.1) is 0 Å². The quantitative estimate of drug-likeness (QED) is 0.254. The van der Waals surface area contributed by atoms with Crippen LogP contribution in [0.2, 0.25) is 5.02 Å². The first kappa shape index (κ1) is 19.4. The second kappa shape index (κ2) is 9.01. The normalized spacial score (nSPS) is 10.8. The Hall–Kier alpha value is -3.38. The van der Waals surface area contributed by atoms with E-state index >= 15 is 0 Å². The number of carbonyl (C=O) groups is 2. The zero-order valence-corrected chi connectivity index (χ0v) is 15.7. The molecule has 0 aliphatic carbocycles. The minimum Gasteiger partial charge on any atom is -0.462 e. The van der Waals surface area contributed by atoms with Crippen molar-refractivity contribution in [2.24, 2.45) is 5.16 Å². The number of hydrogen-bond donors (Lipinski definition) is 0. The molecule has 0 amide bonds. The van der Waals surface area contributed by atoms with E-state index in [0.29, 0.717) is 16.3 Å². The van der Waals surface area contributed by atoms with E-state index in [9.17, 15) is 9.59 Å². The van der Waals surface area contributed by atoms with E-state index in [1.54, 1.807) is 67.6 Å². The Labute approximate surface area is 166 Å². The fourth-order valence-corrected chi connectivity index (χ4v) is 2.50. The molecule has 1 aromatic heterocycles. The van der Waals surface area contributed by atoms with Gasteiger partial charge < -0.3 is 14.0 Å². The third-order valence-electron chi connectivity index (χ3n) is 3.70. The Morgan fingerprint density at radius 3 is 2.46 bits per heavy atom. The van der Waals surface area contributed by atoms with Crippen LogP contribution in [0.15, 0.2) is 70.2 Å². The summed E-state index contributed by atoms with van der Waals surface area (Å²) < 4.78 is 10.8. The lowest BCUT2D eigenvalue weighted by Gasteiger charge is -1.99. The molecule has 7 heteroatoms. The third kappa shape index (κ3) is 4.66. The van der Waals surface area contributed by atoms with Crippen LogP contribution in [0.3, 0.4) is 0 Å². The highest BCUT2D eigenvalue weighted by atomic mass is 35.5. The number of ether oxygens (including phenoxy) is 1. The molecule has 0 N–H and O–H groups in total. The number of oxime groups is 1. The molecule has 0 saturated heterocycles. The van der Waals surface area contributed by atoms with Crippen molar-refractivity contribution in [3.63, 3.8) is 0 Å². The molecule has 0 spiro atoms. The maximum absolute atomic E-state index is 12.2. The summed E-state index contributed by atoms with van der Waals surface area (Å²) in [4.78, 5) is 29.0. The molecule has 1 heterocycles. The molecule has 0 radical (unpaired) electrons. The third-order valence-corrected chi connectivity index (χ3v) is 3.95. The molecule has 3 aromatic rings. The smallest absolute Gasteiger partial charge is 0.365 e. The van der Waals surface area contributed by atoms with Crippen molar-refractivity contribution < 1.29 is 23.6 Å². The predicted molar refractivity (Wildman–Crippen MR) is 105 cm³/mol. The molecule has 0 saturated carbocycles. The average molecular weight is 398 g/mol. The summed E-state index contributed by atoms with van der Waals surface area (Å²) in [6.07, 6.45) is 1.16. The first-order valence-corrected chi connectivity index (χ1v) is 8.83. The molecule has 0 aliphatic heterocycles. The molecule has 0 fully saturated rings. The van der Waals surface area contributed by atoms with E-state index in [4.69, 9.17) is 25.6 Å². The summed E-state index contributed by atoms with van der Waals surface area (Å²) >= 11 is 5.90. The van der Waals surface area contributed by atoms with Gasteiger partial charge in [-0.1, -0.05) is 35.0 Å². The van der Waals surface area contributed by atoms with E-state index in [2.05, 4.69) is 5.16 Å². The molecule has 3 rings (SSSR count). The number of esters is 1. The molecular formula is C21H16ClNO5. The predicted octanol–water partition coefficient (Wildman–Crippen LogP) is 4.97. The number of halogens is 1. The summed E-state index contributed by atoms with van der Waals surface area (Å²) in [6.45, 7) is 1.91. The molecule has 0 aliphatic rings. The van der Waals surface area contributed by atoms with E-state index in [-0.39, 0.29) is 17.9 Å². The van der Waals surface area contributed by atoms with Crippen LogP contribution in [0.5, 0.6) is 0 Å². The van der Waals surface area contributed by atoms with Crippen molar-refractivity contribution in [1.29, 1.82) is 0 Å². The van der Waals surface area contributed by atoms with E-state index in [1.165, 1.54) is 0 Å². The lowest BCUT2D eigenvalue weighted by Crippen LogP contribution is -2.06. The highest BCUT2D eigenvalue weighted by molar-refractivity contribution is 6.30. The zero-order chi connectivity index (χ0) is 19.9. The summed E-state index contributed by atoms with van der Waals surface area (Å²) in [6, 6.07) is 16.9. The Morgan fingerprint density at radius 2 is 1.79 bits per heavy atom. The van der Waals surface area contributed by atoms with Crippen LogP contribution in [0.4, 0.5) is 0 Å². The summed E-state index contributed by atoms with van der Waals surface area (Å²) in [5.74, 6) is -0.652.